The van der Waals surface area contributed by atoms with Crippen LogP contribution in [0.4, 0.5) is 17.6 Å². The van der Waals surface area contributed by atoms with E-state index in [1.54, 1.807) is 6.92 Å². The van der Waals surface area contributed by atoms with Gasteiger partial charge in [-0.3, -0.25) is 4.79 Å². The molecule has 190 valence electrons. The molecule has 0 bridgehead atoms. The highest BCUT2D eigenvalue weighted by atomic mass is 19.2. The largest absolute Gasteiger partial charge is 0.491 e. The number of rotatable bonds is 6. The second-order valence-electron chi connectivity index (χ2n) is 9.92. The summed E-state index contributed by atoms with van der Waals surface area (Å²) in [5.41, 5.74) is 0.609. The average molecular weight is 493 g/mol. The molecule has 0 saturated heterocycles. The summed E-state index contributed by atoms with van der Waals surface area (Å²) in [6.45, 7) is 4.09. The summed E-state index contributed by atoms with van der Waals surface area (Å²) in [7, 11) is 0. The van der Waals surface area contributed by atoms with Crippen molar-refractivity contribution in [1.82, 2.24) is 0 Å². The summed E-state index contributed by atoms with van der Waals surface area (Å²) in [4.78, 5) is 12.7. The number of halogens is 4. The van der Waals surface area contributed by atoms with Crippen LogP contribution in [0, 0.1) is 35.1 Å². The van der Waals surface area contributed by atoms with E-state index in [2.05, 4.69) is 6.92 Å². The molecule has 0 atom stereocenters. The summed E-state index contributed by atoms with van der Waals surface area (Å²) in [6.07, 6.45) is 5.30. The summed E-state index contributed by atoms with van der Waals surface area (Å²) in [6, 6.07) is 5.82. The zero-order chi connectivity index (χ0) is 25.1. The Labute approximate surface area is 203 Å². The van der Waals surface area contributed by atoms with Crippen molar-refractivity contribution < 1.29 is 31.8 Å². The van der Waals surface area contributed by atoms with Gasteiger partial charge in [0.15, 0.2) is 23.1 Å². The Morgan fingerprint density at radius 2 is 1.23 bits per heavy atom. The van der Waals surface area contributed by atoms with Gasteiger partial charge in [0.1, 0.15) is 0 Å². The van der Waals surface area contributed by atoms with Crippen LogP contribution in [0.15, 0.2) is 24.3 Å². The lowest BCUT2D eigenvalue weighted by Crippen LogP contribution is -2.26. The standard InChI is InChI=1S/C28H32F4O3/c1-3-34-22-14-12-20(24(29)26(22)31)18-8-10-19(11-9-18)28(33)35-23-15-13-21(25(30)27(23)32)17-6-4-16(2)5-7-17/h12-19H,3-11H2,1-2H3. The van der Waals surface area contributed by atoms with Crippen LogP contribution in [0.3, 0.4) is 0 Å². The first kappa shape index (κ1) is 25.5. The van der Waals surface area contributed by atoms with Gasteiger partial charge in [0.25, 0.3) is 0 Å². The number of carbonyl (C=O) groups is 1. The van der Waals surface area contributed by atoms with Crippen molar-refractivity contribution in [1.29, 1.82) is 0 Å². The Balaban J connectivity index is 1.37. The van der Waals surface area contributed by atoms with Gasteiger partial charge >= 0.3 is 5.97 Å². The van der Waals surface area contributed by atoms with E-state index in [0.717, 1.165) is 25.7 Å². The molecule has 4 rings (SSSR count). The molecule has 0 unspecified atom stereocenters. The molecule has 0 aromatic heterocycles. The minimum atomic E-state index is -1.13. The summed E-state index contributed by atoms with van der Waals surface area (Å²) >= 11 is 0. The number of carbonyl (C=O) groups excluding carboxylic acids is 1. The molecule has 0 N–H and O–H groups in total. The Hall–Kier alpha value is -2.57. The second kappa shape index (κ2) is 11.0. The lowest BCUT2D eigenvalue weighted by Gasteiger charge is -2.28. The highest BCUT2D eigenvalue weighted by Gasteiger charge is 2.32. The molecule has 35 heavy (non-hydrogen) atoms. The summed E-state index contributed by atoms with van der Waals surface area (Å²) < 4.78 is 68.7. The van der Waals surface area contributed by atoms with Gasteiger partial charge in [0, 0.05) is 0 Å². The lowest BCUT2D eigenvalue weighted by molar-refractivity contribution is -0.140. The van der Waals surface area contributed by atoms with Crippen LogP contribution in [0.2, 0.25) is 0 Å². The normalized spacial score (nSPS) is 24.7. The first-order valence-electron chi connectivity index (χ1n) is 12.6. The summed E-state index contributed by atoms with van der Waals surface area (Å²) in [5, 5.41) is 0. The van der Waals surface area contributed by atoms with Crippen LogP contribution < -0.4 is 9.47 Å². The van der Waals surface area contributed by atoms with Crippen LogP contribution in [0.25, 0.3) is 0 Å². The predicted molar refractivity (Wildman–Crippen MR) is 125 cm³/mol. The highest BCUT2D eigenvalue weighted by Crippen LogP contribution is 2.41. The molecule has 2 fully saturated rings. The maximum atomic E-state index is 14.8. The first-order chi connectivity index (χ1) is 16.8. The third-order valence-electron chi connectivity index (χ3n) is 7.62. The molecule has 0 amide bonds. The SMILES string of the molecule is CCOc1ccc(C2CCC(C(=O)Oc3ccc(C4CCC(C)CC4)c(F)c3F)CC2)c(F)c1F. The number of ether oxygens (including phenoxy) is 2. The van der Waals surface area contributed by atoms with Crippen molar-refractivity contribution in [3.05, 3.63) is 58.7 Å². The van der Waals surface area contributed by atoms with Crippen LogP contribution in [0.5, 0.6) is 11.5 Å². The number of esters is 1. The molecule has 0 spiro atoms. The Morgan fingerprint density at radius 3 is 1.77 bits per heavy atom. The minimum absolute atomic E-state index is 0.0198. The monoisotopic (exact) mass is 492 g/mol. The van der Waals surface area contributed by atoms with Crippen molar-refractivity contribution in [3.63, 3.8) is 0 Å². The predicted octanol–water partition coefficient (Wildman–Crippen LogP) is 7.81. The van der Waals surface area contributed by atoms with Crippen LogP contribution in [0.1, 0.15) is 88.2 Å². The number of benzene rings is 2. The van der Waals surface area contributed by atoms with E-state index in [1.165, 1.54) is 24.3 Å². The second-order valence-corrected chi connectivity index (χ2v) is 9.92. The van der Waals surface area contributed by atoms with Crippen molar-refractivity contribution in [2.24, 2.45) is 11.8 Å². The smallest absolute Gasteiger partial charge is 0.314 e. The third kappa shape index (κ3) is 5.49. The topological polar surface area (TPSA) is 35.5 Å². The third-order valence-corrected chi connectivity index (χ3v) is 7.62. The fraction of sp³-hybridized carbons (Fsp3) is 0.536. The van der Waals surface area contributed by atoms with Gasteiger partial charge in [-0.15, -0.1) is 0 Å². The van der Waals surface area contributed by atoms with Gasteiger partial charge in [-0.1, -0.05) is 31.9 Å². The quantitative estimate of drug-likeness (QED) is 0.234. The molecule has 3 nitrogen and oxygen atoms in total. The maximum absolute atomic E-state index is 14.8. The number of hydrogen-bond acceptors (Lipinski definition) is 3. The van der Waals surface area contributed by atoms with E-state index in [9.17, 15) is 22.4 Å². The van der Waals surface area contributed by atoms with Crippen molar-refractivity contribution in [3.8, 4) is 11.5 Å². The van der Waals surface area contributed by atoms with E-state index < -0.39 is 40.9 Å². The minimum Gasteiger partial charge on any atom is -0.491 e. The van der Waals surface area contributed by atoms with Gasteiger partial charge in [-0.25, -0.2) is 8.78 Å². The number of hydrogen-bond donors (Lipinski definition) is 0. The zero-order valence-electron chi connectivity index (χ0n) is 20.2. The summed E-state index contributed by atoms with van der Waals surface area (Å²) in [5.74, 6) is -5.32. The van der Waals surface area contributed by atoms with E-state index in [1.807, 2.05) is 0 Å². The average Bonchev–Trinajstić information content (AvgIpc) is 2.86. The zero-order valence-corrected chi connectivity index (χ0v) is 20.2. The molecule has 2 saturated carbocycles. The molecule has 0 heterocycles. The highest BCUT2D eigenvalue weighted by molar-refractivity contribution is 5.75. The molecule has 2 aromatic carbocycles. The van der Waals surface area contributed by atoms with Crippen molar-refractivity contribution in [2.75, 3.05) is 6.61 Å². The van der Waals surface area contributed by atoms with Gasteiger partial charge in [-0.05, 0) is 86.5 Å². The van der Waals surface area contributed by atoms with Gasteiger partial charge < -0.3 is 9.47 Å². The Morgan fingerprint density at radius 1 is 0.743 bits per heavy atom. The molecule has 7 heteroatoms. The van der Waals surface area contributed by atoms with E-state index in [-0.39, 0.29) is 29.8 Å². The Kier molecular flexibility index (Phi) is 8.02. The van der Waals surface area contributed by atoms with Crippen LogP contribution in [-0.2, 0) is 4.79 Å². The fourth-order valence-electron chi connectivity index (χ4n) is 5.47. The molecule has 0 aliphatic heterocycles. The molecule has 0 radical (unpaired) electrons. The van der Waals surface area contributed by atoms with Gasteiger partial charge in [0.05, 0.1) is 12.5 Å². The van der Waals surface area contributed by atoms with Gasteiger partial charge in [0.2, 0.25) is 11.6 Å². The molecule has 2 aliphatic carbocycles. The van der Waals surface area contributed by atoms with Crippen molar-refractivity contribution in [2.45, 2.75) is 77.0 Å². The first-order valence-corrected chi connectivity index (χ1v) is 12.6. The van der Waals surface area contributed by atoms with Crippen LogP contribution >= 0.6 is 0 Å². The molecule has 2 aliphatic rings. The molecular weight excluding hydrogens is 460 g/mol. The lowest BCUT2D eigenvalue weighted by atomic mass is 9.78. The fourth-order valence-corrected chi connectivity index (χ4v) is 5.47. The van der Waals surface area contributed by atoms with Gasteiger partial charge in [-0.2, -0.15) is 8.78 Å². The van der Waals surface area contributed by atoms with Crippen molar-refractivity contribution >= 4 is 5.97 Å². The molecule has 2 aromatic rings. The van der Waals surface area contributed by atoms with E-state index in [0.29, 0.717) is 37.2 Å². The van der Waals surface area contributed by atoms with E-state index in [4.69, 9.17) is 9.47 Å². The van der Waals surface area contributed by atoms with Crippen LogP contribution in [-0.4, -0.2) is 12.6 Å². The van der Waals surface area contributed by atoms with E-state index >= 15 is 0 Å². The Bertz CT molecular complexity index is 1050. The molecular formula is C28H32F4O3. The maximum Gasteiger partial charge on any atom is 0.314 e.